The zero-order valence-corrected chi connectivity index (χ0v) is 16.2. The molecule has 3 aromatic carbocycles. The smallest absolute Gasteiger partial charge is 0.266 e. The van der Waals surface area contributed by atoms with Crippen LogP contribution < -0.4 is 5.32 Å². The number of aromatic nitrogens is 1. The molecule has 5 nitrogen and oxygen atoms in total. The van der Waals surface area contributed by atoms with Crippen molar-refractivity contribution in [1.82, 2.24) is 5.16 Å². The van der Waals surface area contributed by atoms with Crippen molar-refractivity contribution in [3.8, 4) is 17.4 Å². The fourth-order valence-corrected chi connectivity index (χ4v) is 3.06. The maximum atomic E-state index is 13.3. The number of hydrogen-bond acceptors (Lipinski definition) is 4. The molecule has 0 atom stereocenters. The maximum Gasteiger partial charge on any atom is 0.266 e. The van der Waals surface area contributed by atoms with Crippen LogP contribution in [-0.4, -0.2) is 11.1 Å². The van der Waals surface area contributed by atoms with E-state index in [9.17, 15) is 14.4 Å². The average molecular weight is 418 g/mol. The summed E-state index contributed by atoms with van der Waals surface area (Å²) in [5.74, 6) is -0.561. The van der Waals surface area contributed by atoms with Crippen molar-refractivity contribution < 1.29 is 13.7 Å². The minimum Gasteiger partial charge on any atom is -0.355 e. The molecule has 7 heteroatoms. The van der Waals surface area contributed by atoms with Gasteiger partial charge in [0.05, 0.1) is 5.39 Å². The SMILES string of the molecule is N#C/C(=C\c1ccc2noc(-c3ccc(Cl)cc3)c2c1)C(=O)Nc1cccc(F)c1. The van der Waals surface area contributed by atoms with E-state index in [0.717, 1.165) is 10.9 Å². The highest BCUT2D eigenvalue weighted by Gasteiger charge is 2.13. The summed E-state index contributed by atoms with van der Waals surface area (Å²) < 4.78 is 18.8. The zero-order chi connectivity index (χ0) is 21.1. The number of nitriles is 1. The first-order valence-electron chi connectivity index (χ1n) is 8.87. The van der Waals surface area contributed by atoms with E-state index in [0.29, 0.717) is 21.9 Å². The summed E-state index contributed by atoms with van der Waals surface area (Å²) in [5, 5.41) is 17.3. The van der Waals surface area contributed by atoms with Crippen LogP contribution in [0, 0.1) is 17.1 Å². The van der Waals surface area contributed by atoms with E-state index in [2.05, 4.69) is 10.5 Å². The normalized spacial score (nSPS) is 11.3. The summed E-state index contributed by atoms with van der Waals surface area (Å²) in [5.41, 5.74) is 2.20. The monoisotopic (exact) mass is 417 g/mol. The second-order valence-electron chi connectivity index (χ2n) is 6.43. The highest BCUT2D eigenvalue weighted by molar-refractivity contribution is 6.30. The summed E-state index contributed by atoms with van der Waals surface area (Å²) in [6.45, 7) is 0. The topological polar surface area (TPSA) is 78.9 Å². The van der Waals surface area contributed by atoms with Crippen LogP contribution in [0.5, 0.6) is 0 Å². The molecule has 0 spiro atoms. The number of fused-ring (bicyclic) bond motifs is 1. The van der Waals surface area contributed by atoms with Crippen LogP contribution >= 0.6 is 11.6 Å². The minimum absolute atomic E-state index is 0.122. The molecule has 0 radical (unpaired) electrons. The Morgan fingerprint density at radius 3 is 2.67 bits per heavy atom. The van der Waals surface area contributed by atoms with E-state index in [1.807, 2.05) is 18.2 Å². The molecule has 4 aromatic rings. The third-order valence-electron chi connectivity index (χ3n) is 4.37. The Morgan fingerprint density at radius 1 is 1.13 bits per heavy atom. The summed E-state index contributed by atoms with van der Waals surface area (Å²) in [6.07, 6.45) is 1.45. The molecule has 0 saturated heterocycles. The molecule has 1 amide bonds. The third kappa shape index (κ3) is 4.07. The van der Waals surface area contributed by atoms with Crippen LogP contribution in [0.3, 0.4) is 0 Å². The van der Waals surface area contributed by atoms with E-state index >= 15 is 0 Å². The molecule has 0 aliphatic carbocycles. The molecule has 1 heterocycles. The Kier molecular flexibility index (Phi) is 5.29. The van der Waals surface area contributed by atoms with Crippen LogP contribution in [-0.2, 0) is 4.79 Å². The number of carbonyl (C=O) groups is 1. The molecule has 0 saturated carbocycles. The Labute approximate surface area is 176 Å². The Hall–Kier alpha value is -3.95. The first kappa shape index (κ1) is 19.4. The average Bonchev–Trinajstić information content (AvgIpc) is 3.16. The van der Waals surface area contributed by atoms with Gasteiger partial charge in [-0.05, 0) is 66.2 Å². The van der Waals surface area contributed by atoms with Crippen molar-refractivity contribution in [2.75, 3.05) is 5.32 Å². The number of anilines is 1. The Bertz CT molecular complexity index is 1320. The number of nitrogens with zero attached hydrogens (tertiary/aromatic N) is 2. The van der Waals surface area contributed by atoms with Gasteiger partial charge in [0.1, 0.15) is 23.0 Å². The number of benzene rings is 3. The van der Waals surface area contributed by atoms with E-state index in [-0.39, 0.29) is 11.3 Å². The Morgan fingerprint density at radius 2 is 1.93 bits per heavy atom. The van der Waals surface area contributed by atoms with Gasteiger partial charge in [-0.2, -0.15) is 5.26 Å². The van der Waals surface area contributed by atoms with E-state index in [1.54, 1.807) is 30.3 Å². The van der Waals surface area contributed by atoms with E-state index in [4.69, 9.17) is 16.1 Å². The van der Waals surface area contributed by atoms with Gasteiger partial charge in [0.2, 0.25) is 0 Å². The van der Waals surface area contributed by atoms with Gasteiger partial charge in [0, 0.05) is 16.3 Å². The number of rotatable bonds is 4. The molecule has 4 rings (SSSR count). The van der Waals surface area contributed by atoms with Crippen molar-refractivity contribution in [1.29, 1.82) is 5.26 Å². The lowest BCUT2D eigenvalue weighted by atomic mass is 10.0. The number of halogens is 2. The molecular weight excluding hydrogens is 405 g/mol. The second-order valence-corrected chi connectivity index (χ2v) is 6.87. The van der Waals surface area contributed by atoms with Crippen LogP contribution in [0.25, 0.3) is 28.3 Å². The van der Waals surface area contributed by atoms with Gasteiger partial charge in [0.15, 0.2) is 5.76 Å². The standard InChI is InChI=1S/C23H13ClFN3O2/c24-17-7-5-15(6-8-17)22-20-11-14(4-9-21(20)28-30-22)10-16(13-26)23(29)27-19-3-1-2-18(25)12-19/h1-12H,(H,27,29)/b16-10+. The highest BCUT2D eigenvalue weighted by atomic mass is 35.5. The van der Waals surface area contributed by atoms with Gasteiger partial charge in [0.25, 0.3) is 5.91 Å². The molecule has 146 valence electrons. The third-order valence-corrected chi connectivity index (χ3v) is 4.62. The molecule has 1 aromatic heterocycles. The van der Waals surface area contributed by atoms with Crippen molar-refractivity contribution in [2.24, 2.45) is 0 Å². The van der Waals surface area contributed by atoms with Crippen LogP contribution in [0.1, 0.15) is 5.56 Å². The van der Waals surface area contributed by atoms with Gasteiger partial charge in [-0.25, -0.2) is 4.39 Å². The van der Waals surface area contributed by atoms with Crippen LogP contribution in [0.2, 0.25) is 5.02 Å². The van der Waals surface area contributed by atoms with E-state index < -0.39 is 11.7 Å². The summed E-state index contributed by atoms with van der Waals surface area (Å²) >= 11 is 5.94. The predicted octanol–water partition coefficient (Wildman–Crippen LogP) is 5.83. The first-order chi connectivity index (χ1) is 14.5. The highest BCUT2D eigenvalue weighted by Crippen LogP contribution is 2.30. The maximum absolute atomic E-state index is 13.3. The number of amides is 1. The lowest BCUT2D eigenvalue weighted by Crippen LogP contribution is -2.13. The molecule has 30 heavy (non-hydrogen) atoms. The van der Waals surface area contributed by atoms with Gasteiger partial charge in [-0.15, -0.1) is 0 Å². The quantitative estimate of drug-likeness (QED) is 0.334. The van der Waals surface area contributed by atoms with Gasteiger partial charge < -0.3 is 9.84 Å². The molecular formula is C23H13ClFN3O2. The molecule has 0 aliphatic rings. The van der Waals surface area contributed by atoms with Gasteiger partial charge in [-0.1, -0.05) is 28.9 Å². The fraction of sp³-hybridized carbons (Fsp3) is 0. The zero-order valence-electron chi connectivity index (χ0n) is 15.4. The Balaban J connectivity index is 1.66. The van der Waals surface area contributed by atoms with E-state index in [1.165, 1.54) is 30.3 Å². The number of hydrogen-bond donors (Lipinski definition) is 1. The summed E-state index contributed by atoms with van der Waals surface area (Å²) in [7, 11) is 0. The van der Waals surface area contributed by atoms with Gasteiger partial charge in [-0.3, -0.25) is 4.79 Å². The van der Waals surface area contributed by atoms with Crippen molar-refractivity contribution in [3.63, 3.8) is 0 Å². The fourth-order valence-electron chi connectivity index (χ4n) is 2.94. The van der Waals surface area contributed by atoms with Crippen LogP contribution in [0.15, 0.2) is 76.8 Å². The minimum atomic E-state index is -0.633. The molecule has 0 fully saturated rings. The lowest BCUT2D eigenvalue weighted by molar-refractivity contribution is -0.112. The van der Waals surface area contributed by atoms with Gasteiger partial charge >= 0.3 is 0 Å². The van der Waals surface area contributed by atoms with Crippen molar-refractivity contribution >= 4 is 40.2 Å². The molecule has 1 N–H and O–H groups in total. The second kappa shape index (κ2) is 8.19. The first-order valence-corrected chi connectivity index (χ1v) is 9.25. The number of carbonyl (C=O) groups excluding carboxylic acids is 1. The molecule has 0 bridgehead atoms. The number of nitrogens with one attached hydrogen (secondary N) is 1. The summed E-state index contributed by atoms with van der Waals surface area (Å²) in [6, 6.07) is 19.7. The lowest BCUT2D eigenvalue weighted by Gasteiger charge is -2.04. The van der Waals surface area contributed by atoms with Crippen molar-refractivity contribution in [2.45, 2.75) is 0 Å². The largest absolute Gasteiger partial charge is 0.355 e. The van der Waals surface area contributed by atoms with Crippen LogP contribution in [0.4, 0.5) is 10.1 Å². The predicted molar refractivity (Wildman–Crippen MR) is 113 cm³/mol. The van der Waals surface area contributed by atoms with Crippen molar-refractivity contribution in [3.05, 3.63) is 88.7 Å². The summed E-state index contributed by atoms with van der Waals surface area (Å²) in [4.78, 5) is 12.4. The molecule has 0 aliphatic heterocycles. The molecule has 0 unspecified atom stereocenters.